The lowest BCUT2D eigenvalue weighted by atomic mass is 9.94. The fourth-order valence-electron chi connectivity index (χ4n) is 3.30. The predicted molar refractivity (Wildman–Crippen MR) is 112 cm³/mol. The number of rotatable bonds is 4. The molecule has 6 heteroatoms. The molecule has 0 saturated carbocycles. The molecule has 5 nitrogen and oxygen atoms in total. The highest BCUT2D eigenvalue weighted by Gasteiger charge is 2.19. The first-order valence-corrected chi connectivity index (χ1v) is 9.89. The summed E-state index contributed by atoms with van der Waals surface area (Å²) in [5, 5.41) is 22.3. The lowest BCUT2D eigenvalue weighted by Gasteiger charge is -2.19. The van der Waals surface area contributed by atoms with Crippen molar-refractivity contribution < 1.29 is 0 Å². The van der Waals surface area contributed by atoms with Crippen LogP contribution < -0.4 is 5.32 Å². The molecule has 0 aliphatic carbocycles. The van der Waals surface area contributed by atoms with E-state index < -0.39 is 0 Å². The number of aromatic nitrogens is 2. The Bertz CT molecular complexity index is 1120. The summed E-state index contributed by atoms with van der Waals surface area (Å²) in [5.41, 5.74) is 5.65. The molecule has 1 unspecified atom stereocenters. The molecule has 0 radical (unpaired) electrons. The molecule has 5 rings (SSSR count). The first-order valence-electron chi connectivity index (χ1n) is 9.07. The van der Waals surface area contributed by atoms with Crippen LogP contribution in [0.15, 0.2) is 89.1 Å². The van der Waals surface area contributed by atoms with Gasteiger partial charge < -0.3 is 5.32 Å². The summed E-state index contributed by atoms with van der Waals surface area (Å²) in [6.45, 7) is 0.660. The number of nitrogens with one attached hydrogen (secondary N) is 1. The molecule has 1 atom stereocenters. The number of anilines is 2. The maximum absolute atomic E-state index is 4.48. The van der Waals surface area contributed by atoms with Crippen LogP contribution in [0.25, 0.3) is 10.6 Å². The topological polar surface area (TPSA) is 62.5 Å². The molecule has 0 bridgehead atoms. The Hall–Kier alpha value is -3.38. The molecule has 1 aliphatic heterocycles. The second kappa shape index (κ2) is 7.32. The standard InChI is InChI=1S/C22H17N5S/c1-2-6-16(7-3-1)21-26-27-22(28-21)24-18-12-10-15(11-13-18)20-19-9-5-4-8-17(19)14-23-25-20/h1-13,20H,14H2,(H,24,27). The van der Waals surface area contributed by atoms with Crippen molar-refractivity contribution in [3.8, 4) is 10.6 Å². The third-order valence-corrected chi connectivity index (χ3v) is 5.60. The maximum atomic E-state index is 4.48. The van der Waals surface area contributed by atoms with Crippen LogP contribution in [0.3, 0.4) is 0 Å². The Balaban J connectivity index is 1.34. The normalized spacial score (nSPS) is 15.2. The molecule has 28 heavy (non-hydrogen) atoms. The summed E-state index contributed by atoms with van der Waals surface area (Å²) in [6, 6.07) is 26.7. The summed E-state index contributed by atoms with van der Waals surface area (Å²) in [4.78, 5) is 0. The van der Waals surface area contributed by atoms with Crippen LogP contribution >= 0.6 is 11.3 Å². The molecular weight excluding hydrogens is 366 g/mol. The Kier molecular flexibility index (Phi) is 4.39. The summed E-state index contributed by atoms with van der Waals surface area (Å²) in [6.07, 6.45) is 0. The summed E-state index contributed by atoms with van der Waals surface area (Å²) in [7, 11) is 0. The molecule has 1 aliphatic rings. The van der Waals surface area contributed by atoms with Gasteiger partial charge in [-0.05, 0) is 28.8 Å². The van der Waals surface area contributed by atoms with Gasteiger partial charge in [0.15, 0.2) is 0 Å². The Morgan fingerprint density at radius 3 is 2.46 bits per heavy atom. The predicted octanol–water partition coefficient (Wildman–Crippen LogP) is 6.00. The van der Waals surface area contributed by atoms with Crippen LogP contribution in [-0.2, 0) is 6.54 Å². The molecule has 0 saturated heterocycles. The number of hydrogen-bond donors (Lipinski definition) is 1. The van der Waals surface area contributed by atoms with Crippen molar-refractivity contribution in [1.29, 1.82) is 0 Å². The van der Waals surface area contributed by atoms with E-state index in [2.05, 4.69) is 62.1 Å². The SMILES string of the molecule is c1ccc(-c2nnc(Nc3ccc(C4N=NCc5ccccc54)cc3)s2)cc1. The van der Waals surface area contributed by atoms with Crippen LogP contribution in [0.4, 0.5) is 10.8 Å². The van der Waals surface area contributed by atoms with E-state index in [9.17, 15) is 0 Å². The summed E-state index contributed by atoms with van der Waals surface area (Å²) >= 11 is 1.54. The summed E-state index contributed by atoms with van der Waals surface area (Å²) in [5.74, 6) is 0. The minimum atomic E-state index is -0.0368. The number of nitrogens with zero attached hydrogens (tertiary/aromatic N) is 4. The zero-order chi connectivity index (χ0) is 18.8. The van der Waals surface area contributed by atoms with Crippen molar-refractivity contribution in [1.82, 2.24) is 10.2 Å². The molecule has 1 aromatic heterocycles. The second-order valence-electron chi connectivity index (χ2n) is 6.54. The van der Waals surface area contributed by atoms with E-state index in [0.29, 0.717) is 6.54 Å². The van der Waals surface area contributed by atoms with Crippen molar-refractivity contribution in [3.63, 3.8) is 0 Å². The number of benzene rings is 3. The maximum Gasteiger partial charge on any atom is 0.210 e. The second-order valence-corrected chi connectivity index (χ2v) is 7.52. The van der Waals surface area contributed by atoms with E-state index in [1.165, 1.54) is 22.5 Å². The van der Waals surface area contributed by atoms with Gasteiger partial charge in [0, 0.05) is 11.3 Å². The van der Waals surface area contributed by atoms with E-state index >= 15 is 0 Å². The third-order valence-electron chi connectivity index (χ3n) is 4.71. The number of fused-ring (bicyclic) bond motifs is 1. The van der Waals surface area contributed by atoms with Crippen molar-refractivity contribution in [2.45, 2.75) is 12.6 Å². The fraction of sp³-hybridized carbons (Fsp3) is 0.0909. The van der Waals surface area contributed by atoms with Gasteiger partial charge in [0.25, 0.3) is 0 Å². The molecule has 136 valence electrons. The van der Waals surface area contributed by atoms with Gasteiger partial charge in [0.05, 0.1) is 6.54 Å². The van der Waals surface area contributed by atoms with E-state index in [4.69, 9.17) is 0 Å². The van der Waals surface area contributed by atoms with Crippen LogP contribution in [-0.4, -0.2) is 10.2 Å². The minimum Gasteiger partial charge on any atom is -0.330 e. The molecular formula is C22H17N5S. The van der Waals surface area contributed by atoms with Crippen LogP contribution in [0, 0.1) is 0 Å². The van der Waals surface area contributed by atoms with Gasteiger partial charge in [0.2, 0.25) is 5.13 Å². The molecule has 2 heterocycles. The van der Waals surface area contributed by atoms with E-state index in [1.54, 1.807) is 0 Å². The average molecular weight is 383 g/mol. The number of azo groups is 1. The zero-order valence-corrected chi connectivity index (χ0v) is 15.8. The first-order chi connectivity index (χ1) is 13.9. The number of hydrogen-bond acceptors (Lipinski definition) is 6. The lowest BCUT2D eigenvalue weighted by molar-refractivity contribution is 0.705. The van der Waals surface area contributed by atoms with E-state index in [-0.39, 0.29) is 6.04 Å². The first kappa shape index (κ1) is 16.8. The van der Waals surface area contributed by atoms with Gasteiger partial charge in [-0.15, -0.1) is 10.2 Å². The quantitative estimate of drug-likeness (QED) is 0.470. The van der Waals surface area contributed by atoms with Gasteiger partial charge in [-0.25, -0.2) is 0 Å². The molecule has 3 aromatic carbocycles. The zero-order valence-electron chi connectivity index (χ0n) is 15.0. The Morgan fingerprint density at radius 2 is 1.61 bits per heavy atom. The van der Waals surface area contributed by atoms with Crippen molar-refractivity contribution >= 4 is 22.2 Å². The van der Waals surface area contributed by atoms with Crippen LogP contribution in [0.1, 0.15) is 22.7 Å². The van der Waals surface area contributed by atoms with Gasteiger partial charge in [-0.3, -0.25) is 0 Å². The van der Waals surface area contributed by atoms with Crippen molar-refractivity contribution in [2.75, 3.05) is 5.32 Å². The Labute approximate surface area is 166 Å². The highest BCUT2D eigenvalue weighted by molar-refractivity contribution is 7.18. The van der Waals surface area contributed by atoms with Crippen LogP contribution in [0.2, 0.25) is 0 Å². The molecule has 0 spiro atoms. The fourth-order valence-corrected chi connectivity index (χ4v) is 4.06. The van der Waals surface area contributed by atoms with Crippen LogP contribution in [0.5, 0.6) is 0 Å². The third kappa shape index (κ3) is 3.30. The molecule has 0 amide bonds. The monoisotopic (exact) mass is 383 g/mol. The summed E-state index contributed by atoms with van der Waals surface area (Å²) < 4.78 is 0. The molecule has 4 aromatic rings. The van der Waals surface area contributed by atoms with Gasteiger partial charge in [-0.2, -0.15) is 10.2 Å². The van der Waals surface area contributed by atoms with Gasteiger partial charge >= 0.3 is 0 Å². The van der Waals surface area contributed by atoms with E-state index in [0.717, 1.165) is 27.0 Å². The van der Waals surface area contributed by atoms with Crippen molar-refractivity contribution in [2.24, 2.45) is 10.2 Å². The minimum absolute atomic E-state index is 0.0368. The molecule has 1 N–H and O–H groups in total. The van der Waals surface area contributed by atoms with Gasteiger partial charge in [-0.1, -0.05) is 78.1 Å². The van der Waals surface area contributed by atoms with Crippen molar-refractivity contribution in [3.05, 3.63) is 95.6 Å². The average Bonchev–Trinajstić information content (AvgIpc) is 3.23. The van der Waals surface area contributed by atoms with Gasteiger partial charge in [0.1, 0.15) is 11.0 Å². The highest BCUT2D eigenvalue weighted by Crippen LogP contribution is 2.34. The largest absolute Gasteiger partial charge is 0.330 e. The highest BCUT2D eigenvalue weighted by atomic mass is 32.1. The Morgan fingerprint density at radius 1 is 0.821 bits per heavy atom. The lowest BCUT2D eigenvalue weighted by Crippen LogP contribution is -2.05. The van der Waals surface area contributed by atoms with E-state index in [1.807, 2.05) is 42.5 Å². The molecule has 0 fully saturated rings. The smallest absolute Gasteiger partial charge is 0.210 e.